The van der Waals surface area contributed by atoms with Crippen LogP contribution in [0.15, 0.2) is 51.0 Å². The summed E-state index contributed by atoms with van der Waals surface area (Å²) < 4.78 is 6.52. The van der Waals surface area contributed by atoms with Gasteiger partial charge in [0, 0.05) is 12.2 Å². The van der Waals surface area contributed by atoms with Crippen LogP contribution in [0.2, 0.25) is 0 Å². The Morgan fingerprint density at radius 3 is 2.85 bits per heavy atom. The van der Waals surface area contributed by atoms with Gasteiger partial charge in [-0.25, -0.2) is 5.43 Å². The van der Waals surface area contributed by atoms with E-state index < -0.39 is 5.91 Å². The zero-order valence-electron chi connectivity index (χ0n) is 11.2. The fourth-order valence-corrected chi connectivity index (χ4v) is 1.67. The summed E-state index contributed by atoms with van der Waals surface area (Å²) in [4.78, 5) is 24.0. The minimum absolute atomic E-state index is 0.0122. The zero-order chi connectivity index (χ0) is 14.5. The molecule has 1 N–H and O–H groups in total. The summed E-state index contributed by atoms with van der Waals surface area (Å²) in [6.07, 6.45) is 4.51. The molecule has 0 aliphatic rings. The third-order valence-electron chi connectivity index (χ3n) is 2.68. The number of hydrogen-bond donors (Lipinski definition) is 1. The topological polar surface area (TPSA) is 76.6 Å². The summed E-state index contributed by atoms with van der Waals surface area (Å²) in [5, 5.41) is 3.74. The lowest BCUT2D eigenvalue weighted by atomic mass is 10.2. The Hall–Kier alpha value is -2.63. The van der Waals surface area contributed by atoms with E-state index in [9.17, 15) is 9.59 Å². The number of aromatic nitrogens is 1. The summed E-state index contributed by atoms with van der Waals surface area (Å²) in [7, 11) is 0. The molecule has 2 aromatic rings. The van der Waals surface area contributed by atoms with Crippen LogP contribution in [0.4, 0.5) is 0 Å². The third kappa shape index (κ3) is 3.03. The molecule has 20 heavy (non-hydrogen) atoms. The van der Waals surface area contributed by atoms with Crippen LogP contribution in [0.1, 0.15) is 36.0 Å². The maximum atomic E-state index is 12.1. The van der Waals surface area contributed by atoms with Crippen molar-refractivity contribution in [2.75, 3.05) is 0 Å². The van der Waals surface area contributed by atoms with Gasteiger partial charge in [-0.2, -0.15) is 5.10 Å². The van der Waals surface area contributed by atoms with Crippen LogP contribution in [-0.2, 0) is 0 Å². The van der Waals surface area contributed by atoms with Crippen LogP contribution < -0.4 is 11.0 Å². The van der Waals surface area contributed by atoms with Crippen LogP contribution in [0.3, 0.4) is 0 Å². The van der Waals surface area contributed by atoms with Crippen molar-refractivity contribution >= 4 is 12.1 Å². The molecule has 2 heterocycles. The zero-order valence-corrected chi connectivity index (χ0v) is 11.2. The first-order chi connectivity index (χ1) is 9.59. The van der Waals surface area contributed by atoms with E-state index in [1.807, 2.05) is 13.8 Å². The predicted octanol–water partition coefficient (Wildman–Crippen LogP) is 1.79. The molecule has 0 atom stereocenters. The van der Waals surface area contributed by atoms with Gasteiger partial charge in [-0.3, -0.25) is 9.59 Å². The van der Waals surface area contributed by atoms with Gasteiger partial charge in [-0.05, 0) is 38.1 Å². The monoisotopic (exact) mass is 273 g/mol. The van der Waals surface area contributed by atoms with Gasteiger partial charge in [-0.15, -0.1) is 0 Å². The van der Waals surface area contributed by atoms with Gasteiger partial charge < -0.3 is 8.98 Å². The summed E-state index contributed by atoms with van der Waals surface area (Å²) in [5.41, 5.74) is 2.02. The number of nitrogens with zero attached hydrogens (tertiary/aromatic N) is 2. The molecular formula is C14H15N3O3. The van der Waals surface area contributed by atoms with E-state index >= 15 is 0 Å². The van der Waals surface area contributed by atoms with Crippen LogP contribution >= 0.6 is 0 Å². The Morgan fingerprint density at radius 2 is 2.20 bits per heavy atom. The Balaban J connectivity index is 2.14. The molecule has 0 unspecified atom stereocenters. The van der Waals surface area contributed by atoms with Gasteiger partial charge in [0.25, 0.3) is 11.5 Å². The highest BCUT2D eigenvalue weighted by Gasteiger charge is 2.12. The molecule has 6 nitrogen and oxygen atoms in total. The van der Waals surface area contributed by atoms with Crippen molar-refractivity contribution in [3.63, 3.8) is 0 Å². The second-order valence-corrected chi connectivity index (χ2v) is 4.44. The highest BCUT2D eigenvalue weighted by Crippen LogP contribution is 2.01. The van der Waals surface area contributed by atoms with Crippen LogP contribution in [-0.4, -0.2) is 16.7 Å². The van der Waals surface area contributed by atoms with Gasteiger partial charge in [-0.1, -0.05) is 0 Å². The largest absolute Gasteiger partial charge is 0.463 e. The van der Waals surface area contributed by atoms with Gasteiger partial charge in [0.15, 0.2) is 0 Å². The Bertz CT molecular complexity index is 669. The molecule has 0 aliphatic carbocycles. The van der Waals surface area contributed by atoms with Gasteiger partial charge in [0.2, 0.25) is 0 Å². The molecule has 2 aromatic heterocycles. The second-order valence-electron chi connectivity index (χ2n) is 4.44. The molecule has 0 saturated carbocycles. The van der Waals surface area contributed by atoms with Crippen LogP contribution in [0.25, 0.3) is 0 Å². The Morgan fingerprint density at radius 1 is 1.40 bits per heavy atom. The smallest absolute Gasteiger partial charge is 0.276 e. The van der Waals surface area contributed by atoms with Gasteiger partial charge in [0.05, 0.1) is 12.5 Å². The first-order valence-electron chi connectivity index (χ1n) is 6.17. The third-order valence-corrected chi connectivity index (χ3v) is 2.68. The standard InChI is InChI=1S/C14H15N3O3/c1-10(2)17-7-3-6-12(14(17)19)13(18)16-15-9-11-5-4-8-20-11/h3-10H,1-2H3,(H,16,18)/b15-9-. The van der Waals surface area contributed by atoms with Crippen molar-refractivity contribution in [1.29, 1.82) is 0 Å². The fraction of sp³-hybridized carbons (Fsp3) is 0.214. The van der Waals surface area contributed by atoms with Crippen molar-refractivity contribution < 1.29 is 9.21 Å². The summed E-state index contributed by atoms with van der Waals surface area (Å²) in [5.74, 6) is -0.0363. The quantitative estimate of drug-likeness (QED) is 0.681. The van der Waals surface area contributed by atoms with Crippen molar-refractivity contribution in [2.45, 2.75) is 19.9 Å². The predicted molar refractivity (Wildman–Crippen MR) is 74.9 cm³/mol. The normalized spacial score (nSPS) is 11.2. The number of furan rings is 1. The van der Waals surface area contributed by atoms with E-state index in [0.29, 0.717) is 5.76 Å². The summed E-state index contributed by atoms with van der Waals surface area (Å²) in [6, 6.07) is 6.53. The average molecular weight is 273 g/mol. The molecule has 0 radical (unpaired) electrons. The number of amides is 1. The maximum Gasteiger partial charge on any atom is 0.276 e. The van der Waals surface area contributed by atoms with Crippen LogP contribution in [0, 0.1) is 0 Å². The van der Waals surface area contributed by atoms with E-state index in [1.54, 1.807) is 24.4 Å². The lowest BCUT2D eigenvalue weighted by molar-refractivity contribution is 0.0953. The molecule has 0 aromatic carbocycles. The number of carbonyl (C=O) groups is 1. The maximum absolute atomic E-state index is 12.1. The van der Waals surface area contributed by atoms with Crippen molar-refractivity contribution in [1.82, 2.24) is 9.99 Å². The van der Waals surface area contributed by atoms with E-state index in [0.717, 1.165) is 0 Å². The summed E-state index contributed by atoms with van der Waals surface area (Å²) in [6.45, 7) is 3.75. The number of hydrazone groups is 1. The summed E-state index contributed by atoms with van der Waals surface area (Å²) >= 11 is 0. The molecule has 1 amide bonds. The molecule has 0 fully saturated rings. The number of pyridine rings is 1. The molecule has 0 aliphatic heterocycles. The molecule has 0 saturated heterocycles. The molecule has 0 spiro atoms. The first-order valence-corrected chi connectivity index (χ1v) is 6.17. The molecular weight excluding hydrogens is 258 g/mol. The number of nitrogens with one attached hydrogen (secondary N) is 1. The first kappa shape index (κ1) is 13.8. The second kappa shape index (κ2) is 6.01. The van der Waals surface area contributed by atoms with Crippen molar-refractivity contribution in [2.24, 2.45) is 5.10 Å². The van der Waals surface area contributed by atoms with Crippen molar-refractivity contribution in [3.05, 3.63) is 58.4 Å². The number of rotatable bonds is 4. The van der Waals surface area contributed by atoms with E-state index in [4.69, 9.17) is 4.42 Å². The van der Waals surface area contributed by atoms with Crippen LogP contribution in [0.5, 0.6) is 0 Å². The molecule has 104 valence electrons. The lowest BCUT2D eigenvalue weighted by Crippen LogP contribution is -2.31. The van der Waals surface area contributed by atoms with Crippen molar-refractivity contribution in [3.8, 4) is 0 Å². The SMILES string of the molecule is CC(C)n1cccc(C(=O)N/N=C\c2ccco2)c1=O. The highest BCUT2D eigenvalue weighted by molar-refractivity contribution is 5.94. The van der Waals surface area contributed by atoms with E-state index in [1.165, 1.54) is 23.1 Å². The average Bonchev–Trinajstić information content (AvgIpc) is 2.91. The Labute approximate surface area is 115 Å². The highest BCUT2D eigenvalue weighted by atomic mass is 16.3. The molecule has 6 heteroatoms. The molecule has 0 bridgehead atoms. The minimum Gasteiger partial charge on any atom is -0.463 e. The number of hydrogen-bond acceptors (Lipinski definition) is 4. The Kier molecular flexibility index (Phi) is 4.14. The van der Waals surface area contributed by atoms with E-state index in [-0.39, 0.29) is 17.2 Å². The number of carbonyl (C=O) groups excluding carboxylic acids is 1. The molecule has 2 rings (SSSR count). The van der Waals surface area contributed by atoms with Gasteiger partial charge in [0.1, 0.15) is 11.3 Å². The lowest BCUT2D eigenvalue weighted by Gasteiger charge is -2.10. The van der Waals surface area contributed by atoms with Gasteiger partial charge >= 0.3 is 0 Å². The minimum atomic E-state index is -0.548. The van der Waals surface area contributed by atoms with E-state index in [2.05, 4.69) is 10.5 Å². The fourth-order valence-electron chi connectivity index (χ4n) is 1.67.